The van der Waals surface area contributed by atoms with Gasteiger partial charge in [-0.2, -0.15) is 0 Å². The van der Waals surface area contributed by atoms with Crippen molar-refractivity contribution in [3.63, 3.8) is 0 Å². The second kappa shape index (κ2) is 6.01. The molecule has 0 spiro atoms. The summed E-state index contributed by atoms with van der Waals surface area (Å²) in [7, 11) is -1.47. The van der Waals surface area contributed by atoms with Crippen LogP contribution in [-0.2, 0) is 0 Å². The lowest BCUT2D eigenvalue weighted by atomic mass is 10.2. The maximum Gasteiger partial charge on any atom is 0.102 e. The zero-order chi connectivity index (χ0) is 10.3. The Bertz CT molecular complexity index is 204. The third kappa shape index (κ3) is 6.62. The van der Waals surface area contributed by atoms with Crippen molar-refractivity contribution in [1.82, 2.24) is 0 Å². The van der Waals surface area contributed by atoms with Crippen LogP contribution in [0, 0.1) is 11.8 Å². The molecule has 0 saturated carbocycles. The molecule has 0 aromatic carbocycles. The maximum absolute atomic E-state index is 9.61. The van der Waals surface area contributed by atoms with Crippen LogP contribution in [0.15, 0.2) is 12.7 Å². The van der Waals surface area contributed by atoms with Gasteiger partial charge in [0, 0.05) is 6.42 Å². The zero-order valence-electron chi connectivity index (χ0n) is 8.93. The highest BCUT2D eigenvalue weighted by Gasteiger charge is 2.22. The zero-order valence-corrected chi connectivity index (χ0v) is 9.93. The summed E-state index contributed by atoms with van der Waals surface area (Å²) in [6, 6.07) is 0. The van der Waals surface area contributed by atoms with E-state index in [2.05, 4.69) is 38.1 Å². The Hall–Kier alpha value is -0.523. The monoisotopic (exact) mass is 196 g/mol. The van der Waals surface area contributed by atoms with Crippen LogP contribution in [0.2, 0.25) is 19.6 Å². The van der Waals surface area contributed by atoms with E-state index >= 15 is 0 Å². The summed E-state index contributed by atoms with van der Waals surface area (Å²) in [6.45, 7) is 10.0. The molecule has 0 rings (SSSR count). The number of aliphatic hydroxyl groups excluding tert-OH is 1. The third-order valence-corrected chi connectivity index (χ3v) is 3.55. The SMILES string of the molecule is C=CCCCC#C[C@H](O)[Si](C)(C)C. The van der Waals surface area contributed by atoms with Gasteiger partial charge in [0.1, 0.15) is 5.73 Å². The Morgan fingerprint density at radius 3 is 2.54 bits per heavy atom. The highest BCUT2D eigenvalue weighted by atomic mass is 28.3. The summed E-state index contributed by atoms with van der Waals surface area (Å²) in [4.78, 5) is 0. The Balaban J connectivity index is 3.76. The van der Waals surface area contributed by atoms with Gasteiger partial charge in [-0.25, -0.2) is 0 Å². The van der Waals surface area contributed by atoms with Gasteiger partial charge in [0.15, 0.2) is 0 Å². The van der Waals surface area contributed by atoms with Crippen molar-refractivity contribution in [2.75, 3.05) is 0 Å². The fraction of sp³-hybridized carbons (Fsp3) is 0.636. The molecule has 1 nitrogen and oxygen atoms in total. The Morgan fingerprint density at radius 2 is 2.08 bits per heavy atom. The van der Waals surface area contributed by atoms with E-state index in [0.29, 0.717) is 0 Å². The molecule has 0 bridgehead atoms. The average Bonchev–Trinajstić information content (AvgIpc) is 2.02. The number of hydrogen-bond acceptors (Lipinski definition) is 1. The van der Waals surface area contributed by atoms with Crippen LogP contribution in [0.3, 0.4) is 0 Å². The normalized spacial score (nSPS) is 12.9. The lowest BCUT2D eigenvalue weighted by Crippen LogP contribution is -2.36. The molecule has 0 radical (unpaired) electrons. The van der Waals surface area contributed by atoms with Gasteiger partial charge in [-0.3, -0.25) is 0 Å². The largest absolute Gasteiger partial charge is 0.384 e. The minimum atomic E-state index is -1.47. The first-order valence-corrected chi connectivity index (χ1v) is 8.33. The number of unbranched alkanes of at least 4 members (excludes halogenated alkanes) is 2. The van der Waals surface area contributed by atoms with E-state index in [9.17, 15) is 5.11 Å². The lowest BCUT2D eigenvalue weighted by molar-refractivity contribution is 0.299. The van der Waals surface area contributed by atoms with Crippen molar-refractivity contribution >= 4 is 8.07 Å². The molecule has 0 aliphatic rings. The molecular weight excluding hydrogens is 176 g/mol. The molecule has 2 heteroatoms. The van der Waals surface area contributed by atoms with Gasteiger partial charge < -0.3 is 5.11 Å². The van der Waals surface area contributed by atoms with Crippen molar-refractivity contribution in [2.24, 2.45) is 0 Å². The van der Waals surface area contributed by atoms with Crippen molar-refractivity contribution in [3.05, 3.63) is 12.7 Å². The van der Waals surface area contributed by atoms with E-state index in [1.807, 2.05) is 6.08 Å². The summed E-state index contributed by atoms with van der Waals surface area (Å²) in [6.07, 6.45) is 4.83. The summed E-state index contributed by atoms with van der Waals surface area (Å²) in [5.74, 6) is 5.93. The molecule has 0 aromatic heterocycles. The minimum Gasteiger partial charge on any atom is -0.384 e. The number of aliphatic hydroxyl groups is 1. The van der Waals surface area contributed by atoms with Crippen LogP contribution in [0.25, 0.3) is 0 Å². The van der Waals surface area contributed by atoms with Gasteiger partial charge in [-0.05, 0) is 12.8 Å². The van der Waals surface area contributed by atoms with Crippen LogP contribution < -0.4 is 0 Å². The number of rotatable bonds is 4. The van der Waals surface area contributed by atoms with E-state index < -0.39 is 8.07 Å². The molecule has 0 saturated heterocycles. The van der Waals surface area contributed by atoms with Crippen molar-refractivity contribution in [2.45, 2.75) is 44.6 Å². The van der Waals surface area contributed by atoms with Gasteiger partial charge >= 0.3 is 0 Å². The molecule has 0 aliphatic carbocycles. The predicted molar refractivity (Wildman–Crippen MR) is 61.2 cm³/mol. The standard InChI is InChI=1S/C11H20OSi/c1-5-6-7-8-9-10-11(12)13(2,3)4/h5,11-12H,1,6-8H2,2-4H3/t11-/m1/s1. The quantitative estimate of drug-likeness (QED) is 0.317. The predicted octanol–water partition coefficient (Wildman–Crippen LogP) is 2.58. The van der Waals surface area contributed by atoms with Gasteiger partial charge in [-0.15, -0.1) is 12.5 Å². The fourth-order valence-corrected chi connectivity index (χ4v) is 1.26. The molecule has 0 aromatic rings. The second-order valence-corrected chi connectivity index (χ2v) is 9.55. The fourth-order valence-electron chi connectivity index (χ4n) is 0.720. The van der Waals surface area contributed by atoms with E-state index in [4.69, 9.17) is 0 Å². The van der Waals surface area contributed by atoms with Crippen LogP contribution >= 0.6 is 0 Å². The molecule has 0 heterocycles. The first-order chi connectivity index (χ1) is 5.98. The third-order valence-electron chi connectivity index (χ3n) is 1.77. The van der Waals surface area contributed by atoms with E-state index in [1.54, 1.807) is 0 Å². The molecule has 74 valence electrons. The second-order valence-electron chi connectivity index (χ2n) is 4.27. The summed E-state index contributed by atoms with van der Waals surface area (Å²) in [5, 5.41) is 9.61. The molecule has 1 N–H and O–H groups in total. The first kappa shape index (κ1) is 12.5. The molecule has 13 heavy (non-hydrogen) atoms. The van der Waals surface area contributed by atoms with Crippen LogP contribution in [0.5, 0.6) is 0 Å². The van der Waals surface area contributed by atoms with Gasteiger partial charge in [0.05, 0.1) is 8.07 Å². The highest BCUT2D eigenvalue weighted by molar-refractivity contribution is 6.77. The number of hydrogen-bond donors (Lipinski definition) is 1. The van der Waals surface area contributed by atoms with Crippen molar-refractivity contribution < 1.29 is 5.11 Å². The molecule has 0 amide bonds. The van der Waals surface area contributed by atoms with Crippen molar-refractivity contribution in [3.8, 4) is 11.8 Å². The summed E-state index contributed by atoms with van der Waals surface area (Å²) < 4.78 is 0. The Morgan fingerprint density at radius 1 is 1.46 bits per heavy atom. The maximum atomic E-state index is 9.61. The molecule has 0 fully saturated rings. The Labute approximate surface area is 82.9 Å². The Kier molecular flexibility index (Phi) is 5.77. The lowest BCUT2D eigenvalue weighted by Gasteiger charge is -2.17. The van der Waals surface area contributed by atoms with Gasteiger partial charge in [0.2, 0.25) is 0 Å². The topological polar surface area (TPSA) is 20.2 Å². The minimum absolute atomic E-state index is 0.378. The molecular formula is C11H20OSi. The van der Waals surface area contributed by atoms with Crippen LogP contribution in [0.4, 0.5) is 0 Å². The molecule has 1 atom stereocenters. The molecule has 0 aliphatic heterocycles. The van der Waals surface area contributed by atoms with Crippen LogP contribution in [0.1, 0.15) is 19.3 Å². The average molecular weight is 196 g/mol. The van der Waals surface area contributed by atoms with E-state index in [1.165, 1.54) is 0 Å². The summed E-state index contributed by atoms with van der Waals surface area (Å²) in [5.41, 5.74) is -0.378. The van der Waals surface area contributed by atoms with Gasteiger partial charge in [-0.1, -0.05) is 31.6 Å². The smallest absolute Gasteiger partial charge is 0.102 e. The van der Waals surface area contributed by atoms with E-state index in [0.717, 1.165) is 19.3 Å². The highest BCUT2D eigenvalue weighted by Crippen LogP contribution is 2.06. The first-order valence-electron chi connectivity index (χ1n) is 4.76. The van der Waals surface area contributed by atoms with E-state index in [-0.39, 0.29) is 5.73 Å². The number of allylic oxidation sites excluding steroid dienone is 1. The summed E-state index contributed by atoms with van der Waals surface area (Å²) >= 11 is 0. The molecule has 0 unspecified atom stereocenters. The van der Waals surface area contributed by atoms with Gasteiger partial charge in [0.25, 0.3) is 0 Å². The van der Waals surface area contributed by atoms with Crippen LogP contribution in [-0.4, -0.2) is 18.9 Å². The van der Waals surface area contributed by atoms with Crippen molar-refractivity contribution in [1.29, 1.82) is 0 Å².